The highest BCUT2D eigenvalue weighted by Crippen LogP contribution is 2.40. The van der Waals surface area contributed by atoms with Gasteiger partial charge in [0.05, 0.1) is 12.2 Å². The van der Waals surface area contributed by atoms with Gasteiger partial charge in [0.15, 0.2) is 5.69 Å². The molecule has 9 heteroatoms. The Morgan fingerprint density at radius 1 is 1.21 bits per heavy atom. The quantitative estimate of drug-likeness (QED) is 0.605. The van der Waals surface area contributed by atoms with E-state index in [1.165, 1.54) is 6.20 Å². The van der Waals surface area contributed by atoms with Crippen molar-refractivity contribution in [3.8, 4) is 5.88 Å². The second-order valence-electron chi connectivity index (χ2n) is 7.04. The molecule has 0 saturated carbocycles. The van der Waals surface area contributed by atoms with E-state index in [2.05, 4.69) is 48.0 Å². The third kappa shape index (κ3) is 4.21. The topological polar surface area (TPSA) is 86.3 Å². The van der Waals surface area contributed by atoms with E-state index < -0.39 is 5.91 Å². The zero-order valence-electron chi connectivity index (χ0n) is 16.0. The number of aromatic hydroxyl groups is 1. The van der Waals surface area contributed by atoms with Gasteiger partial charge in [0.2, 0.25) is 5.88 Å². The van der Waals surface area contributed by atoms with Crippen LogP contribution in [0.15, 0.2) is 57.3 Å². The first-order valence-electron chi connectivity index (χ1n) is 9.31. The Morgan fingerprint density at radius 2 is 2.00 bits per heavy atom. The summed E-state index contributed by atoms with van der Waals surface area (Å²) in [6, 6.07) is 10.7. The number of pyridine rings is 1. The Hall–Kier alpha value is -2.62. The van der Waals surface area contributed by atoms with Gasteiger partial charge in [0, 0.05) is 42.2 Å². The van der Waals surface area contributed by atoms with Crippen LogP contribution in [0.25, 0.3) is 10.9 Å². The van der Waals surface area contributed by atoms with Crippen LogP contribution in [0.3, 0.4) is 0 Å². The van der Waals surface area contributed by atoms with Crippen LogP contribution in [-0.4, -0.2) is 63.6 Å². The summed E-state index contributed by atoms with van der Waals surface area (Å²) in [6.07, 6.45) is 1.53. The molecule has 1 saturated heterocycles. The molecular weight excluding hydrogens is 436 g/mol. The molecule has 150 valence electrons. The fourth-order valence-electron chi connectivity index (χ4n) is 3.36. The van der Waals surface area contributed by atoms with Crippen molar-refractivity contribution >= 4 is 38.4 Å². The number of carbonyl (C=O) groups is 1. The molecule has 0 atom stereocenters. The van der Waals surface area contributed by atoms with Gasteiger partial charge in [-0.25, -0.2) is 0 Å². The molecule has 0 bridgehead atoms. The number of amides is 1. The molecule has 8 nitrogen and oxygen atoms in total. The number of piperazine rings is 1. The van der Waals surface area contributed by atoms with E-state index >= 15 is 0 Å². The number of aromatic nitrogens is 2. The molecule has 0 unspecified atom stereocenters. The average Bonchev–Trinajstić information content (AvgIpc) is 2.99. The summed E-state index contributed by atoms with van der Waals surface area (Å²) in [4.78, 5) is 20.8. The normalized spacial score (nSPS) is 16.1. The summed E-state index contributed by atoms with van der Waals surface area (Å²) in [5, 5.41) is 19.5. The number of rotatable bonds is 4. The Balaban J connectivity index is 1.68. The summed E-state index contributed by atoms with van der Waals surface area (Å²) in [5.41, 5.74) is 1.32. The molecule has 0 radical (unpaired) electrons. The van der Waals surface area contributed by atoms with Crippen molar-refractivity contribution in [2.45, 2.75) is 6.67 Å². The van der Waals surface area contributed by atoms with E-state index in [-0.39, 0.29) is 17.3 Å². The van der Waals surface area contributed by atoms with Gasteiger partial charge in [-0.1, -0.05) is 22.0 Å². The third-order valence-corrected chi connectivity index (χ3v) is 5.53. The number of hydrogen-bond acceptors (Lipinski definition) is 6. The SMILES string of the molecule is CN1CCN(Cn2c(O)c(N=NC(=O)c3ccccn3)c3cc(Br)ccc32)CC1. The Kier molecular flexibility index (Phi) is 5.70. The van der Waals surface area contributed by atoms with Gasteiger partial charge < -0.3 is 10.0 Å². The van der Waals surface area contributed by atoms with Crippen LogP contribution in [0.4, 0.5) is 5.69 Å². The van der Waals surface area contributed by atoms with Crippen LogP contribution < -0.4 is 0 Å². The van der Waals surface area contributed by atoms with E-state index in [1.807, 2.05) is 22.8 Å². The molecule has 1 fully saturated rings. The molecule has 1 aliphatic rings. The zero-order chi connectivity index (χ0) is 20.4. The number of benzene rings is 1. The van der Waals surface area contributed by atoms with Gasteiger partial charge in [-0.2, -0.15) is 0 Å². The van der Waals surface area contributed by atoms with Crippen LogP contribution in [0.5, 0.6) is 5.88 Å². The van der Waals surface area contributed by atoms with Crippen LogP contribution in [0.2, 0.25) is 0 Å². The third-order valence-electron chi connectivity index (χ3n) is 5.03. The number of likely N-dealkylation sites (N-methyl/N-ethyl adjacent to an activating group) is 1. The van der Waals surface area contributed by atoms with Crippen molar-refractivity contribution in [1.29, 1.82) is 0 Å². The van der Waals surface area contributed by atoms with Crippen molar-refractivity contribution in [2.75, 3.05) is 33.2 Å². The predicted molar refractivity (Wildman–Crippen MR) is 113 cm³/mol. The van der Waals surface area contributed by atoms with Gasteiger partial charge >= 0.3 is 5.91 Å². The van der Waals surface area contributed by atoms with Gasteiger partial charge in [-0.3, -0.25) is 19.2 Å². The van der Waals surface area contributed by atoms with Crippen LogP contribution in [0.1, 0.15) is 10.5 Å². The maximum atomic E-state index is 12.3. The molecule has 1 N–H and O–H groups in total. The minimum absolute atomic E-state index is 0.00500. The monoisotopic (exact) mass is 456 g/mol. The Morgan fingerprint density at radius 3 is 2.72 bits per heavy atom. The lowest BCUT2D eigenvalue weighted by atomic mass is 10.2. The highest BCUT2D eigenvalue weighted by atomic mass is 79.9. The van der Waals surface area contributed by atoms with Crippen molar-refractivity contribution in [3.05, 3.63) is 52.8 Å². The zero-order valence-corrected chi connectivity index (χ0v) is 17.6. The summed E-state index contributed by atoms with van der Waals surface area (Å²) >= 11 is 3.47. The van der Waals surface area contributed by atoms with Crippen LogP contribution in [-0.2, 0) is 6.67 Å². The van der Waals surface area contributed by atoms with E-state index in [4.69, 9.17) is 0 Å². The predicted octanol–water partition coefficient (Wildman–Crippen LogP) is 3.63. The van der Waals surface area contributed by atoms with Crippen LogP contribution >= 0.6 is 15.9 Å². The number of hydrogen-bond donors (Lipinski definition) is 1. The second kappa shape index (κ2) is 8.40. The number of carbonyl (C=O) groups excluding carboxylic acids is 1. The summed E-state index contributed by atoms with van der Waals surface area (Å²) in [5.74, 6) is -0.561. The minimum Gasteiger partial charge on any atom is -0.493 e. The molecular formula is C20H21BrN6O2. The summed E-state index contributed by atoms with van der Waals surface area (Å²) < 4.78 is 2.67. The molecule has 29 heavy (non-hydrogen) atoms. The second-order valence-corrected chi connectivity index (χ2v) is 7.96. The molecule has 3 aromatic rings. The van der Waals surface area contributed by atoms with E-state index in [0.717, 1.165) is 41.6 Å². The van der Waals surface area contributed by atoms with E-state index in [9.17, 15) is 9.90 Å². The van der Waals surface area contributed by atoms with Crippen molar-refractivity contribution in [3.63, 3.8) is 0 Å². The fraction of sp³-hybridized carbons (Fsp3) is 0.300. The highest BCUT2D eigenvalue weighted by molar-refractivity contribution is 9.10. The van der Waals surface area contributed by atoms with Crippen molar-refractivity contribution in [2.24, 2.45) is 10.2 Å². The molecule has 1 aliphatic heterocycles. The first kappa shape index (κ1) is 19.7. The summed E-state index contributed by atoms with van der Waals surface area (Å²) in [7, 11) is 2.11. The van der Waals surface area contributed by atoms with E-state index in [1.54, 1.807) is 18.2 Å². The lowest BCUT2D eigenvalue weighted by Crippen LogP contribution is -2.44. The van der Waals surface area contributed by atoms with Gasteiger partial charge in [0.25, 0.3) is 0 Å². The smallest absolute Gasteiger partial charge is 0.313 e. The molecule has 0 spiro atoms. The Bertz CT molecular complexity index is 1060. The van der Waals surface area contributed by atoms with Gasteiger partial charge in [-0.05, 0) is 37.4 Å². The standard InChI is InChI=1S/C20H21BrN6O2/c1-25-8-10-26(11-9-25)13-27-17-6-5-14(21)12-15(17)18(20(27)29)23-24-19(28)16-4-2-3-7-22-16/h2-7,12,29H,8-11,13H2,1H3. The Labute approximate surface area is 176 Å². The molecule has 2 aromatic heterocycles. The largest absolute Gasteiger partial charge is 0.493 e. The molecule has 4 rings (SSSR count). The minimum atomic E-state index is -0.556. The summed E-state index contributed by atoms with van der Waals surface area (Å²) in [6.45, 7) is 4.34. The number of azo groups is 1. The van der Waals surface area contributed by atoms with Gasteiger partial charge in [-0.15, -0.1) is 10.2 Å². The molecule has 1 aromatic carbocycles. The van der Waals surface area contributed by atoms with Crippen molar-refractivity contribution in [1.82, 2.24) is 19.4 Å². The van der Waals surface area contributed by atoms with Gasteiger partial charge in [0.1, 0.15) is 5.69 Å². The lowest BCUT2D eigenvalue weighted by molar-refractivity contribution is 0.0990. The number of halogens is 1. The fourth-order valence-corrected chi connectivity index (χ4v) is 3.72. The van der Waals surface area contributed by atoms with Crippen molar-refractivity contribution < 1.29 is 9.90 Å². The number of nitrogens with zero attached hydrogens (tertiary/aromatic N) is 6. The number of fused-ring (bicyclic) bond motifs is 1. The van der Waals surface area contributed by atoms with Crippen LogP contribution in [0, 0.1) is 0 Å². The van der Waals surface area contributed by atoms with E-state index in [0.29, 0.717) is 6.67 Å². The molecule has 3 heterocycles. The molecule has 0 aliphatic carbocycles. The lowest BCUT2D eigenvalue weighted by Gasteiger charge is -2.32. The highest BCUT2D eigenvalue weighted by Gasteiger charge is 2.21. The maximum Gasteiger partial charge on any atom is 0.313 e. The average molecular weight is 457 g/mol. The molecule has 1 amide bonds. The first-order chi connectivity index (χ1) is 14.0. The first-order valence-corrected chi connectivity index (χ1v) is 10.1. The maximum absolute atomic E-state index is 12.3.